The van der Waals surface area contributed by atoms with Crippen LogP contribution in [0.3, 0.4) is 0 Å². The minimum absolute atomic E-state index is 0.00673. The average molecular weight is 388 g/mol. The number of benzene rings is 2. The molecule has 0 saturated heterocycles. The smallest absolute Gasteiger partial charge is 0.310 e. The number of hydrogen-bond donors (Lipinski definition) is 0. The van der Waals surface area contributed by atoms with Crippen molar-refractivity contribution in [3.63, 3.8) is 0 Å². The molecule has 0 bridgehead atoms. The Hall–Kier alpha value is -1.76. The predicted molar refractivity (Wildman–Crippen MR) is 94.2 cm³/mol. The fourth-order valence-electron chi connectivity index (χ4n) is 2.12. The van der Waals surface area contributed by atoms with Crippen molar-refractivity contribution in [1.82, 2.24) is 0 Å². The highest BCUT2D eigenvalue weighted by molar-refractivity contribution is 7.92. The van der Waals surface area contributed by atoms with Crippen molar-refractivity contribution in [1.29, 1.82) is 0 Å². The second-order valence-corrected chi connectivity index (χ2v) is 7.71. The summed E-state index contributed by atoms with van der Waals surface area (Å²) in [5, 5.41) is 0.415. The van der Waals surface area contributed by atoms with Crippen LogP contribution in [0.2, 0.25) is 10.0 Å². The maximum atomic E-state index is 12.8. The standard InChI is InChI=1S/C16H15Cl2NO4S/c1-19(15-6-4-3-5-11(15)9-16(20)23-2)24(21,22)12-7-8-13(17)14(18)10-12/h3-8,10H,9H2,1-2H3. The van der Waals surface area contributed by atoms with E-state index < -0.39 is 16.0 Å². The molecule has 0 fully saturated rings. The van der Waals surface area contributed by atoms with Gasteiger partial charge in [0.2, 0.25) is 0 Å². The SMILES string of the molecule is COC(=O)Cc1ccccc1N(C)S(=O)(=O)c1ccc(Cl)c(Cl)c1. The van der Waals surface area contributed by atoms with Gasteiger partial charge in [0.1, 0.15) is 0 Å². The van der Waals surface area contributed by atoms with E-state index in [-0.39, 0.29) is 21.4 Å². The number of carbonyl (C=O) groups excluding carboxylic acids is 1. The third kappa shape index (κ3) is 3.83. The molecule has 0 amide bonds. The van der Waals surface area contributed by atoms with Crippen molar-refractivity contribution in [2.45, 2.75) is 11.3 Å². The molecule has 0 aliphatic rings. The second-order valence-electron chi connectivity index (χ2n) is 4.93. The topological polar surface area (TPSA) is 63.7 Å². The summed E-state index contributed by atoms with van der Waals surface area (Å²) in [4.78, 5) is 11.5. The molecule has 5 nitrogen and oxygen atoms in total. The first-order valence-electron chi connectivity index (χ1n) is 6.86. The number of hydrogen-bond acceptors (Lipinski definition) is 4. The van der Waals surface area contributed by atoms with Gasteiger partial charge < -0.3 is 4.74 Å². The van der Waals surface area contributed by atoms with Crippen LogP contribution in [0.4, 0.5) is 5.69 Å². The fourth-order valence-corrected chi connectivity index (χ4v) is 3.74. The number of esters is 1. The van der Waals surface area contributed by atoms with E-state index in [9.17, 15) is 13.2 Å². The zero-order valence-corrected chi connectivity index (χ0v) is 15.3. The number of sulfonamides is 1. The van der Waals surface area contributed by atoms with E-state index in [2.05, 4.69) is 4.74 Å². The quantitative estimate of drug-likeness (QED) is 0.736. The lowest BCUT2D eigenvalue weighted by atomic mass is 10.1. The van der Waals surface area contributed by atoms with E-state index in [0.29, 0.717) is 11.3 Å². The third-order valence-corrected chi connectivity index (χ3v) is 5.95. The van der Waals surface area contributed by atoms with Crippen molar-refractivity contribution in [3.05, 3.63) is 58.1 Å². The van der Waals surface area contributed by atoms with Gasteiger partial charge in [-0.05, 0) is 29.8 Å². The summed E-state index contributed by atoms with van der Waals surface area (Å²) in [7, 11) is -1.17. The first-order valence-corrected chi connectivity index (χ1v) is 9.05. The van der Waals surface area contributed by atoms with Gasteiger partial charge in [-0.25, -0.2) is 8.42 Å². The molecule has 8 heteroatoms. The number of para-hydroxylation sites is 1. The molecule has 0 spiro atoms. The Balaban J connectivity index is 2.45. The van der Waals surface area contributed by atoms with Crippen LogP contribution in [0.15, 0.2) is 47.4 Å². The molecule has 0 aliphatic carbocycles. The van der Waals surface area contributed by atoms with Gasteiger partial charge in [0, 0.05) is 7.05 Å². The van der Waals surface area contributed by atoms with Gasteiger partial charge in [-0.1, -0.05) is 41.4 Å². The number of ether oxygens (including phenoxy) is 1. The van der Waals surface area contributed by atoms with Crippen LogP contribution in [0.5, 0.6) is 0 Å². The van der Waals surface area contributed by atoms with E-state index in [1.165, 1.54) is 32.4 Å². The Morgan fingerprint density at radius 3 is 2.42 bits per heavy atom. The maximum Gasteiger partial charge on any atom is 0.310 e. The summed E-state index contributed by atoms with van der Waals surface area (Å²) >= 11 is 11.7. The van der Waals surface area contributed by atoms with Gasteiger partial charge >= 0.3 is 5.97 Å². The molecule has 0 unspecified atom stereocenters. The van der Waals surface area contributed by atoms with Crippen LogP contribution < -0.4 is 4.31 Å². The second kappa shape index (κ2) is 7.42. The third-order valence-electron chi connectivity index (χ3n) is 3.44. The lowest BCUT2D eigenvalue weighted by Crippen LogP contribution is -2.28. The number of rotatable bonds is 5. The van der Waals surface area contributed by atoms with Gasteiger partial charge in [0.05, 0.1) is 34.2 Å². The first-order chi connectivity index (χ1) is 11.3. The molecule has 128 valence electrons. The Kier molecular flexibility index (Phi) is 5.74. The largest absolute Gasteiger partial charge is 0.469 e. The summed E-state index contributed by atoms with van der Waals surface area (Å²) in [6.07, 6.45) is -0.0338. The summed E-state index contributed by atoms with van der Waals surface area (Å²) < 4.78 is 31.4. The summed E-state index contributed by atoms with van der Waals surface area (Å²) in [6.45, 7) is 0. The van der Waals surface area contributed by atoms with E-state index in [1.807, 2.05) is 0 Å². The van der Waals surface area contributed by atoms with Crippen LogP contribution in [0, 0.1) is 0 Å². The summed E-state index contributed by atoms with van der Waals surface area (Å²) in [5.41, 5.74) is 0.921. The van der Waals surface area contributed by atoms with Gasteiger partial charge in [-0.2, -0.15) is 0 Å². The molecule has 0 saturated carbocycles. The fraction of sp³-hybridized carbons (Fsp3) is 0.188. The molecule has 0 aromatic heterocycles. The van der Waals surface area contributed by atoms with Crippen molar-refractivity contribution >= 4 is 44.9 Å². The Labute approximate surface area is 150 Å². The van der Waals surface area contributed by atoms with Gasteiger partial charge in [0.25, 0.3) is 10.0 Å². The minimum Gasteiger partial charge on any atom is -0.469 e. The van der Waals surface area contributed by atoms with Crippen LogP contribution in [0.1, 0.15) is 5.56 Å². The monoisotopic (exact) mass is 387 g/mol. The van der Waals surface area contributed by atoms with Crippen LogP contribution in [-0.2, 0) is 26.0 Å². The molecule has 24 heavy (non-hydrogen) atoms. The Morgan fingerprint density at radius 2 is 1.79 bits per heavy atom. The van der Waals surface area contributed by atoms with E-state index >= 15 is 0 Å². The van der Waals surface area contributed by atoms with Gasteiger partial charge in [0.15, 0.2) is 0 Å². The number of methoxy groups -OCH3 is 1. The van der Waals surface area contributed by atoms with Gasteiger partial charge in [-0.15, -0.1) is 0 Å². The number of carbonyl (C=O) groups is 1. The zero-order valence-electron chi connectivity index (χ0n) is 13.0. The lowest BCUT2D eigenvalue weighted by Gasteiger charge is -2.22. The minimum atomic E-state index is -3.86. The molecular formula is C16H15Cl2NO4S. The van der Waals surface area contributed by atoms with Crippen molar-refractivity contribution in [3.8, 4) is 0 Å². The molecule has 0 N–H and O–H groups in total. The molecular weight excluding hydrogens is 373 g/mol. The highest BCUT2D eigenvalue weighted by atomic mass is 35.5. The van der Waals surface area contributed by atoms with E-state index in [0.717, 1.165) is 4.31 Å². The summed E-state index contributed by atoms with van der Waals surface area (Å²) in [6, 6.07) is 10.8. The van der Waals surface area contributed by atoms with Crippen molar-refractivity contribution in [2.75, 3.05) is 18.5 Å². The Morgan fingerprint density at radius 1 is 1.12 bits per heavy atom. The first kappa shape index (κ1) is 18.6. The van der Waals surface area contributed by atoms with E-state index in [4.69, 9.17) is 23.2 Å². The number of halogens is 2. The molecule has 0 atom stereocenters. The van der Waals surface area contributed by atoms with Gasteiger partial charge in [-0.3, -0.25) is 9.10 Å². The normalized spacial score (nSPS) is 11.2. The molecule has 0 radical (unpaired) electrons. The lowest BCUT2D eigenvalue weighted by molar-refractivity contribution is -0.139. The summed E-state index contributed by atoms with van der Waals surface area (Å²) in [5.74, 6) is -0.456. The van der Waals surface area contributed by atoms with Crippen LogP contribution >= 0.6 is 23.2 Å². The molecule has 0 aliphatic heterocycles. The zero-order chi connectivity index (χ0) is 17.9. The molecule has 2 aromatic rings. The molecule has 2 aromatic carbocycles. The van der Waals surface area contributed by atoms with Crippen molar-refractivity contribution < 1.29 is 17.9 Å². The number of anilines is 1. The van der Waals surface area contributed by atoms with E-state index in [1.54, 1.807) is 24.3 Å². The highest BCUT2D eigenvalue weighted by Gasteiger charge is 2.24. The average Bonchev–Trinajstić information content (AvgIpc) is 2.56. The highest BCUT2D eigenvalue weighted by Crippen LogP contribution is 2.29. The number of nitrogens with zero attached hydrogens (tertiary/aromatic N) is 1. The maximum absolute atomic E-state index is 12.8. The van der Waals surface area contributed by atoms with Crippen LogP contribution in [-0.4, -0.2) is 28.5 Å². The van der Waals surface area contributed by atoms with Crippen molar-refractivity contribution in [2.24, 2.45) is 0 Å². The van der Waals surface area contributed by atoms with Crippen LogP contribution in [0.25, 0.3) is 0 Å². The molecule has 2 rings (SSSR count). The molecule has 0 heterocycles. The predicted octanol–water partition coefficient (Wildman–Crippen LogP) is 3.53. The Bertz CT molecular complexity index is 868.